The van der Waals surface area contributed by atoms with Gasteiger partial charge in [-0.3, -0.25) is 4.79 Å². The minimum absolute atomic E-state index is 0.0217. The quantitative estimate of drug-likeness (QED) is 0.831. The summed E-state index contributed by atoms with van der Waals surface area (Å²) < 4.78 is 37.9. The third kappa shape index (κ3) is 5.81. The van der Waals surface area contributed by atoms with E-state index >= 15 is 0 Å². The number of carbonyl (C=O) groups is 1. The lowest BCUT2D eigenvalue weighted by molar-refractivity contribution is -0.116. The van der Waals surface area contributed by atoms with Crippen LogP contribution < -0.4 is 5.32 Å². The fourth-order valence-electron chi connectivity index (χ4n) is 2.20. The highest BCUT2D eigenvalue weighted by molar-refractivity contribution is 7.88. The number of hydrogen-bond acceptors (Lipinski definition) is 3. The second-order valence-corrected chi connectivity index (χ2v) is 8.08. The van der Waals surface area contributed by atoms with Crippen LogP contribution in [0.3, 0.4) is 0 Å². The van der Waals surface area contributed by atoms with Crippen molar-refractivity contribution >= 4 is 33.2 Å². The molecule has 0 bridgehead atoms. The van der Waals surface area contributed by atoms with Crippen molar-refractivity contribution in [3.8, 4) is 0 Å². The third-order valence-electron chi connectivity index (χ3n) is 3.52. The predicted molar refractivity (Wildman–Crippen MR) is 96.5 cm³/mol. The lowest BCUT2D eigenvalue weighted by Crippen LogP contribution is -2.37. The van der Waals surface area contributed by atoms with Gasteiger partial charge in [0.25, 0.3) is 0 Å². The summed E-state index contributed by atoms with van der Waals surface area (Å²) in [5.74, 6) is -0.886. The number of nitrogens with one attached hydrogen (secondary N) is 1. The van der Waals surface area contributed by atoms with Crippen molar-refractivity contribution in [3.63, 3.8) is 0 Å². The number of rotatable bonds is 6. The predicted octanol–water partition coefficient (Wildman–Crippen LogP) is 3.19. The Morgan fingerprint density at radius 2 is 1.84 bits per heavy atom. The van der Waals surface area contributed by atoms with Gasteiger partial charge in [0.05, 0.1) is 12.8 Å². The molecule has 25 heavy (non-hydrogen) atoms. The maximum absolute atomic E-state index is 13.0. The first-order valence-corrected chi connectivity index (χ1v) is 9.63. The number of carbonyl (C=O) groups excluding carboxylic acids is 1. The van der Waals surface area contributed by atoms with Crippen LogP contribution in [0.1, 0.15) is 11.1 Å². The molecule has 0 aliphatic carbocycles. The lowest BCUT2D eigenvalue weighted by atomic mass is 10.2. The molecule has 0 fully saturated rings. The van der Waals surface area contributed by atoms with Gasteiger partial charge in [-0.1, -0.05) is 23.7 Å². The summed E-state index contributed by atoms with van der Waals surface area (Å²) in [6.45, 7) is 1.42. The molecule has 8 heteroatoms. The Bertz CT molecular complexity index is 870. The van der Waals surface area contributed by atoms with Gasteiger partial charge in [-0.15, -0.1) is 0 Å². The Morgan fingerprint density at radius 1 is 1.20 bits per heavy atom. The van der Waals surface area contributed by atoms with Crippen molar-refractivity contribution in [3.05, 3.63) is 64.4 Å². The highest BCUT2D eigenvalue weighted by Gasteiger charge is 2.21. The van der Waals surface area contributed by atoms with Gasteiger partial charge in [0, 0.05) is 17.3 Å². The Labute approximate surface area is 151 Å². The molecule has 2 aromatic rings. The Morgan fingerprint density at radius 3 is 2.40 bits per heavy atom. The molecule has 5 nitrogen and oxygen atoms in total. The molecular formula is C17H18ClFN2O3S. The minimum Gasteiger partial charge on any atom is -0.325 e. The molecule has 1 amide bonds. The summed E-state index contributed by atoms with van der Waals surface area (Å²) in [5, 5.41) is 3.22. The van der Waals surface area contributed by atoms with E-state index < -0.39 is 21.7 Å². The van der Waals surface area contributed by atoms with E-state index in [1.165, 1.54) is 24.3 Å². The maximum atomic E-state index is 13.0. The zero-order valence-corrected chi connectivity index (χ0v) is 15.4. The SMILES string of the molecule is Cc1cc(Cl)ccc1NC(=O)CN(Cc1ccc(F)cc1)S(C)(=O)=O. The van der Waals surface area contributed by atoms with Gasteiger partial charge in [0.15, 0.2) is 0 Å². The third-order valence-corrected chi connectivity index (χ3v) is 4.96. The van der Waals surface area contributed by atoms with Crippen LogP contribution in [-0.2, 0) is 21.4 Å². The molecule has 2 aromatic carbocycles. The molecule has 0 aromatic heterocycles. The summed E-state index contributed by atoms with van der Waals surface area (Å²) in [6.07, 6.45) is 1.03. The van der Waals surface area contributed by atoms with Crippen molar-refractivity contribution < 1.29 is 17.6 Å². The van der Waals surface area contributed by atoms with E-state index in [0.717, 1.165) is 16.1 Å². The van der Waals surface area contributed by atoms with Crippen molar-refractivity contribution in [1.29, 1.82) is 0 Å². The molecule has 2 rings (SSSR count). The van der Waals surface area contributed by atoms with Gasteiger partial charge in [0.2, 0.25) is 15.9 Å². The van der Waals surface area contributed by atoms with Crippen LogP contribution in [0, 0.1) is 12.7 Å². The van der Waals surface area contributed by atoms with Crippen LogP contribution >= 0.6 is 11.6 Å². The van der Waals surface area contributed by atoms with Gasteiger partial charge in [-0.05, 0) is 48.4 Å². The molecule has 0 radical (unpaired) electrons. The fourth-order valence-corrected chi connectivity index (χ4v) is 3.16. The van der Waals surface area contributed by atoms with E-state index in [9.17, 15) is 17.6 Å². The van der Waals surface area contributed by atoms with Gasteiger partial charge in [-0.2, -0.15) is 4.31 Å². The van der Waals surface area contributed by atoms with Crippen LogP contribution in [0.15, 0.2) is 42.5 Å². The average Bonchev–Trinajstić information content (AvgIpc) is 2.50. The number of hydrogen-bond donors (Lipinski definition) is 1. The molecule has 0 saturated heterocycles. The lowest BCUT2D eigenvalue weighted by Gasteiger charge is -2.20. The monoisotopic (exact) mass is 384 g/mol. The van der Waals surface area contributed by atoms with Crippen LogP contribution in [0.25, 0.3) is 0 Å². The summed E-state index contributed by atoms with van der Waals surface area (Å²) >= 11 is 5.87. The summed E-state index contributed by atoms with van der Waals surface area (Å²) in [6, 6.07) is 10.4. The molecule has 134 valence electrons. The molecule has 0 spiro atoms. The van der Waals surface area contributed by atoms with Crippen LogP contribution in [0.4, 0.5) is 10.1 Å². The number of amides is 1. The molecule has 0 aliphatic heterocycles. The van der Waals surface area contributed by atoms with Gasteiger partial charge < -0.3 is 5.32 Å². The van der Waals surface area contributed by atoms with Crippen molar-refractivity contribution in [1.82, 2.24) is 4.31 Å². The summed E-state index contributed by atoms with van der Waals surface area (Å²) in [7, 11) is -3.62. The van der Waals surface area contributed by atoms with Crippen LogP contribution in [0.2, 0.25) is 5.02 Å². The fraction of sp³-hybridized carbons (Fsp3) is 0.235. The topological polar surface area (TPSA) is 66.5 Å². The number of sulfonamides is 1. The zero-order valence-electron chi connectivity index (χ0n) is 13.8. The maximum Gasteiger partial charge on any atom is 0.239 e. The number of anilines is 1. The Kier molecular flexibility index (Phi) is 6.16. The number of benzene rings is 2. The van der Waals surface area contributed by atoms with E-state index in [1.807, 2.05) is 0 Å². The van der Waals surface area contributed by atoms with Crippen molar-refractivity contribution in [2.45, 2.75) is 13.5 Å². The summed E-state index contributed by atoms with van der Waals surface area (Å²) in [4.78, 5) is 12.2. The van der Waals surface area contributed by atoms with Gasteiger partial charge in [0.1, 0.15) is 5.82 Å². The first kappa shape index (κ1) is 19.4. The molecule has 0 unspecified atom stereocenters. The normalized spacial score (nSPS) is 11.6. The molecule has 0 atom stereocenters. The largest absolute Gasteiger partial charge is 0.325 e. The highest BCUT2D eigenvalue weighted by Crippen LogP contribution is 2.19. The van der Waals surface area contributed by atoms with Crippen LogP contribution in [-0.4, -0.2) is 31.4 Å². The second kappa shape index (κ2) is 7.95. The molecule has 1 N–H and O–H groups in total. The average molecular weight is 385 g/mol. The number of aryl methyl sites for hydroxylation is 1. The van der Waals surface area contributed by atoms with E-state index in [2.05, 4.69) is 5.32 Å². The Balaban J connectivity index is 2.11. The van der Waals surface area contributed by atoms with E-state index in [1.54, 1.807) is 25.1 Å². The Hall–Kier alpha value is -1.96. The molecule has 0 aliphatic rings. The standard InChI is InChI=1S/C17H18ClFN2O3S/c1-12-9-14(18)5-8-16(12)20-17(22)11-21(25(2,23)24)10-13-3-6-15(19)7-4-13/h3-9H,10-11H2,1-2H3,(H,20,22). The zero-order chi connectivity index (χ0) is 18.6. The smallest absolute Gasteiger partial charge is 0.239 e. The first-order valence-electron chi connectivity index (χ1n) is 7.41. The van der Waals surface area contributed by atoms with Crippen molar-refractivity contribution in [2.24, 2.45) is 0 Å². The molecule has 0 saturated carbocycles. The molecule has 0 heterocycles. The first-order chi connectivity index (χ1) is 11.6. The van der Waals surface area contributed by atoms with Gasteiger partial charge in [-0.25, -0.2) is 12.8 Å². The number of nitrogens with zero attached hydrogens (tertiary/aromatic N) is 1. The second-order valence-electron chi connectivity index (χ2n) is 5.66. The van der Waals surface area contributed by atoms with Crippen molar-refractivity contribution in [2.75, 3.05) is 18.1 Å². The van der Waals surface area contributed by atoms with Crippen LogP contribution in [0.5, 0.6) is 0 Å². The number of halogens is 2. The minimum atomic E-state index is -3.62. The molecular weight excluding hydrogens is 367 g/mol. The van der Waals surface area contributed by atoms with E-state index in [-0.39, 0.29) is 13.1 Å². The van der Waals surface area contributed by atoms with E-state index in [4.69, 9.17) is 11.6 Å². The highest BCUT2D eigenvalue weighted by atomic mass is 35.5. The summed E-state index contributed by atoms with van der Waals surface area (Å²) in [5.41, 5.74) is 1.91. The van der Waals surface area contributed by atoms with E-state index in [0.29, 0.717) is 16.3 Å². The van der Waals surface area contributed by atoms with Gasteiger partial charge >= 0.3 is 0 Å².